The van der Waals surface area contributed by atoms with Crippen LogP contribution in [-0.4, -0.2) is 89.6 Å². The Labute approximate surface area is 215 Å². The molecule has 0 radical (unpaired) electrons. The average molecular weight is 486 g/mol. The fourth-order valence-electron chi connectivity index (χ4n) is 3.30. The van der Waals surface area contributed by atoms with Crippen molar-refractivity contribution in [2.45, 2.75) is 81.6 Å². The number of hydrogen-bond donors (Lipinski definition) is 1. The lowest BCUT2D eigenvalue weighted by molar-refractivity contribution is 0.0597. The van der Waals surface area contributed by atoms with Gasteiger partial charge in [-0.3, -0.25) is 0 Å². The van der Waals surface area contributed by atoms with Crippen molar-refractivity contribution in [2.75, 3.05) is 79.8 Å². The van der Waals surface area contributed by atoms with Crippen LogP contribution in [0, 0.1) is 29.6 Å². The van der Waals surface area contributed by atoms with E-state index in [1.165, 1.54) is 25.9 Å². The lowest BCUT2D eigenvalue weighted by atomic mass is 9.98. The molecule has 0 unspecified atom stereocenters. The van der Waals surface area contributed by atoms with Gasteiger partial charge in [0.2, 0.25) is 0 Å². The summed E-state index contributed by atoms with van der Waals surface area (Å²) in [5, 5.41) is 3.36. The smallest absolute Gasteiger partial charge is 0.107 e. The zero-order valence-electron chi connectivity index (χ0n) is 25.1. The van der Waals surface area contributed by atoms with E-state index in [0.717, 1.165) is 70.2 Å². The van der Waals surface area contributed by atoms with Crippen molar-refractivity contribution >= 4 is 0 Å². The highest BCUT2D eigenvalue weighted by Gasteiger charge is 2.16. The minimum Gasteiger partial charge on any atom is -0.380 e. The molecule has 1 fully saturated rings. The molecule has 1 aliphatic heterocycles. The molecule has 0 bridgehead atoms. The molecule has 0 atom stereocenters. The molecule has 1 saturated heterocycles. The molecule has 0 aromatic heterocycles. The molecule has 1 heterocycles. The summed E-state index contributed by atoms with van der Waals surface area (Å²) >= 11 is 0. The highest BCUT2D eigenvalue weighted by atomic mass is 16.5. The number of ether oxygens (including phenoxy) is 2. The van der Waals surface area contributed by atoms with E-state index in [0.29, 0.717) is 6.61 Å². The summed E-state index contributed by atoms with van der Waals surface area (Å²) in [6.45, 7) is 28.8. The summed E-state index contributed by atoms with van der Waals surface area (Å²) in [5.74, 6) is 7.92. The Kier molecular flexibility index (Phi) is 33.9. The third-order valence-corrected chi connectivity index (χ3v) is 5.03. The van der Waals surface area contributed by atoms with Crippen molar-refractivity contribution in [2.24, 2.45) is 17.8 Å². The van der Waals surface area contributed by atoms with Crippen LogP contribution in [0.1, 0.15) is 81.6 Å². The molecule has 0 spiro atoms. The maximum absolute atomic E-state index is 5.80. The average Bonchev–Trinajstić information content (AvgIpc) is 2.82. The first-order valence-electron chi connectivity index (χ1n) is 14.0. The number of nitrogens with one attached hydrogen (secondary N) is 1. The highest BCUT2D eigenvalue weighted by molar-refractivity contribution is 4.94. The van der Waals surface area contributed by atoms with E-state index in [9.17, 15) is 0 Å². The van der Waals surface area contributed by atoms with Crippen molar-refractivity contribution in [3.05, 3.63) is 0 Å². The molecule has 0 aromatic rings. The first-order valence-corrected chi connectivity index (χ1v) is 14.0. The fourth-order valence-corrected chi connectivity index (χ4v) is 3.30. The normalized spacial score (nSPS) is 13.8. The van der Waals surface area contributed by atoms with Crippen molar-refractivity contribution in [1.82, 2.24) is 15.1 Å². The zero-order chi connectivity index (χ0) is 26.6. The number of likely N-dealkylation sites (tertiary alicyclic amines) is 1. The topological polar surface area (TPSA) is 37.0 Å². The quantitative estimate of drug-likeness (QED) is 0.254. The van der Waals surface area contributed by atoms with Gasteiger partial charge in [-0.2, -0.15) is 0 Å². The van der Waals surface area contributed by atoms with Crippen molar-refractivity contribution in [3.8, 4) is 11.8 Å². The Balaban J connectivity index is -0.000000507. The van der Waals surface area contributed by atoms with Gasteiger partial charge in [-0.25, -0.2) is 0 Å². The van der Waals surface area contributed by atoms with Crippen LogP contribution < -0.4 is 5.32 Å². The summed E-state index contributed by atoms with van der Waals surface area (Å²) in [6.07, 6.45) is 3.68. The van der Waals surface area contributed by atoms with Gasteiger partial charge in [0.15, 0.2) is 0 Å². The van der Waals surface area contributed by atoms with Gasteiger partial charge in [0.25, 0.3) is 0 Å². The number of rotatable bonds is 14. The second-order valence-corrected chi connectivity index (χ2v) is 9.41. The standard InChI is InChI=1S/C14H30N2O.C11H21NO.2C2H6/c1-13(2)11-16(4)9-10-17-12-14-5-7-15(3)8-6-14;1-4-5-8-13-9-6-7-12-10-11(2)3;2*1-2/h13-14H,5-12H2,1-4H3;11-12H,6-10H2,1-3H3;2*1-2H3. The monoisotopic (exact) mass is 485 g/mol. The molecule has 0 aliphatic carbocycles. The summed E-state index contributed by atoms with van der Waals surface area (Å²) < 4.78 is 11.1. The third kappa shape index (κ3) is 31.4. The van der Waals surface area contributed by atoms with Crippen LogP contribution in [0.15, 0.2) is 0 Å². The molecule has 5 nitrogen and oxygen atoms in total. The van der Waals surface area contributed by atoms with E-state index in [-0.39, 0.29) is 0 Å². The minimum atomic E-state index is 0.570. The molecule has 1 aliphatic rings. The van der Waals surface area contributed by atoms with Gasteiger partial charge in [-0.15, -0.1) is 5.92 Å². The molecule has 1 N–H and O–H groups in total. The first-order chi connectivity index (χ1) is 16.3. The third-order valence-electron chi connectivity index (χ3n) is 5.03. The number of hydrogen-bond acceptors (Lipinski definition) is 5. The maximum atomic E-state index is 5.80. The van der Waals surface area contributed by atoms with Gasteiger partial charge in [0.1, 0.15) is 6.61 Å². The Morgan fingerprint density at radius 2 is 1.59 bits per heavy atom. The molecular weight excluding hydrogens is 422 g/mol. The number of nitrogens with zero attached hydrogens (tertiary/aromatic N) is 2. The first kappa shape index (κ1) is 37.9. The molecular formula is C29H63N3O2. The van der Waals surface area contributed by atoms with E-state index < -0.39 is 0 Å². The molecule has 206 valence electrons. The summed E-state index contributed by atoms with van der Waals surface area (Å²) in [7, 11) is 4.39. The lowest BCUT2D eigenvalue weighted by Crippen LogP contribution is -2.33. The van der Waals surface area contributed by atoms with E-state index >= 15 is 0 Å². The second-order valence-electron chi connectivity index (χ2n) is 9.41. The Bertz CT molecular complexity index is 425. The zero-order valence-corrected chi connectivity index (χ0v) is 25.1. The SMILES string of the molecule is CC.CC.CC#CCOCCCNCC(C)C.CC(C)CN(C)CCOCC1CCN(C)CC1. The van der Waals surface area contributed by atoms with Crippen molar-refractivity contribution < 1.29 is 9.47 Å². The highest BCUT2D eigenvalue weighted by Crippen LogP contribution is 2.15. The molecule has 34 heavy (non-hydrogen) atoms. The van der Waals surface area contributed by atoms with Gasteiger partial charge in [-0.1, -0.05) is 61.3 Å². The van der Waals surface area contributed by atoms with E-state index in [1.807, 2.05) is 34.6 Å². The van der Waals surface area contributed by atoms with E-state index in [4.69, 9.17) is 9.47 Å². The van der Waals surface area contributed by atoms with E-state index in [2.05, 4.69) is 68.7 Å². The van der Waals surface area contributed by atoms with E-state index in [1.54, 1.807) is 0 Å². The van der Waals surface area contributed by atoms with Crippen LogP contribution >= 0.6 is 0 Å². The van der Waals surface area contributed by atoms with Crippen molar-refractivity contribution in [1.29, 1.82) is 0 Å². The molecule has 0 saturated carbocycles. The van der Waals surface area contributed by atoms with Crippen LogP contribution in [-0.2, 0) is 9.47 Å². The molecule has 0 amide bonds. The van der Waals surface area contributed by atoms with Gasteiger partial charge >= 0.3 is 0 Å². The maximum Gasteiger partial charge on any atom is 0.107 e. The van der Waals surface area contributed by atoms with Crippen LogP contribution in [0.2, 0.25) is 0 Å². The van der Waals surface area contributed by atoms with Crippen LogP contribution in [0.3, 0.4) is 0 Å². The van der Waals surface area contributed by atoms with Crippen LogP contribution in [0.25, 0.3) is 0 Å². The minimum absolute atomic E-state index is 0.570. The fraction of sp³-hybridized carbons (Fsp3) is 0.931. The Hall–Kier alpha value is -0.640. The lowest BCUT2D eigenvalue weighted by Gasteiger charge is -2.29. The summed E-state index contributed by atoms with van der Waals surface area (Å²) in [6, 6.07) is 0. The van der Waals surface area contributed by atoms with Gasteiger partial charge < -0.3 is 24.6 Å². The number of piperidine rings is 1. The molecule has 5 heteroatoms. The number of likely N-dealkylation sites (N-methyl/N-ethyl adjacent to an activating group) is 1. The van der Waals surface area contributed by atoms with Gasteiger partial charge in [-0.05, 0) is 84.2 Å². The molecule has 1 rings (SSSR count). The predicted molar refractivity (Wildman–Crippen MR) is 153 cm³/mol. The Morgan fingerprint density at radius 3 is 2.12 bits per heavy atom. The van der Waals surface area contributed by atoms with Crippen LogP contribution in [0.4, 0.5) is 0 Å². The van der Waals surface area contributed by atoms with Crippen LogP contribution in [0.5, 0.6) is 0 Å². The largest absolute Gasteiger partial charge is 0.380 e. The summed E-state index contributed by atoms with van der Waals surface area (Å²) in [5.41, 5.74) is 0. The second kappa shape index (κ2) is 30.4. The van der Waals surface area contributed by atoms with Crippen molar-refractivity contribution in [3.63, 3.8) is 0 Å². The van der Waals surface area contributed by atoms with Gasteiger partial charge in [0.05, 0.1) is 6.61 Å². The predicted octanol–water partition coefficient (Wildman–Crippen LogP) is 5.65. The molecule has 0 aromatic carbocycles. The summed E-state index contributed by atoms with van der Waals surface area (Å²) in [4.78, 5) is 4.77. The Morgan fingerprint density at radius 1 is 0.971 bits per heavy atom. The van der Waals surface area contributed by atoms with Gasteiger partial charge in [0, 0.05) is 26.3 Å².